The third-order valence-electron chi connectivity index (χ3n) is 5.61. The van der Waals surface area contributed by atoms with Crippen molar-refractivity contribution in [3.05, 3.63) is 53.6 Å². The zero-order chi connectivity index (χ0) is 18.1. The second-order valence-corrected chi connectivity index (χ2v) is 7.29. The van der Waals surface area contributed by atoms with Gasteiger partial charge in [0.25, 0.3) is 0 Å². The summed E-state index contributed by atoms with van der Waals surface area (Å²) in [5, 5.41) is 3.09. The Morgan fingerprint density at radius 1 is 1.08 bits per heavy atom. The van der Waals surface area contributed by atoms with Crippen molar-refractivity contribution in [2.75, 3.05) is 35.6 Å². The molecule has 0 aliphatic carbocycles. The number of hydrogen-bond donors (Lipinski definition) is 2. The fourth-order valence-corrected chi connectivity index (χ4v) is 4.19. The number of piperidine rings is 1. The summed E-state index contributed by atoms with van der Waals surface area (Å²) in [7, 11) is 0. The molecule has 4 rings (SSSR count). The molecule has 2 aliphatic heterocycles. The molecule has 0 spiro atoms. The topological polar surface area (TPSA) is 61.6 Å². The number of carbonyl (C=O) groups excluding carboxylic acids is 1. The van der Waals surface area contributed by atoms with E-state index in [1.165, 1.54) is 16.8 Å². The van der Waals surface area contributed by atoms with Crippen LogP contribution < -0.4 is 16.0 Å². The van der Waals surface area contributed by atoms with Gasteiger partial charge >= 0.3 is 6.03 Å². The van der Waals surface area contributed by atoms with Gasteiger partial charge in [-0.05, 0) is 61.6 Å². The standard InChI is InChI=1S/C21H26N4O/c1-15-14-17(22)6-7-20(15)24-11-9-18(10-12-24)25-13-8-16-4-2-3-5-19(16)23-21(25)26/h2-7,14,18H,8-13,22H2,1H3,(H,23,26). The maximum Gasteiger partial charge on any atom is 0.322 e. The number of urea groups is 1. The first kappa shape index (κ1) is 16.8. The molecule has 136 valence electrons. The summed E-state index contributed by atoms with van der Waals surface area (Å²) in [6.45, 7) is 4.82. The Morgan fingerprint density at radius 2 is 1.85 bits per heavy atom. The predicted octanol–water partition coefficient (Wildman–Crippen LogP) is 3.64. The summed E-state index contributed by atoms with van der Waals surface area (Å²) in [5.74, 6) is 0. The van der Waals surface area contributed by atoms with E-state index in [1.54, 1.807) is 0 Å². The Labute approximate surface area is 154 Å². The van der Waals surface area contributed by atoms with Gasteiger partial charge < -0.3 is 20.9 Å². The largest absolute Gasteiger partial charge is 0.399 e. The van der Waals surface area contributed by atoms with Crippen LogP contribution in [0.5, 0.6) is 0 Å². The molecule has 2 aliphatic rings. The summed E-state index contributed by atoms with van der Waals surface area (Å²) >= 11 is 0. The maximum absolute atomic E-state index is 12.7. The number of nitrogens with two attached hydrogens (primary N) is 1. The van der Waals surface area contributed by atoms with Crippen LogP contribution in [0.3, 0.4) is 0 Å². The van der Waals surface area contributed by atoms with Crippen molar-refractivity contribution in [2.24, 2.45) is 0 Å². The van der Waals surface area contributed by atoms with E-state index in [1.807, 2.05) is 35.2 Å². The van der Waals surface area contributed by atoms with Gasteiger partial charge in [-0.3, -0.25) is 0 Å². The first-order valence-electron chi connectivity index (χ1n) is 9.38. The van der Waals surface area contributed by atoms with E-state index in [2.05, 4.69) is 29.3 Å². The normalized spacial score (nSPS) is 18.3. The van der Waals surface area contributed by atoms with Crippen LogP contribution in [0.2, 0.25) is 0 Å². The number of hydrogen-bond acceptors (Lipinski definition) is 3. The van der Waals surface area contributed by atoms with Crippen molar-refractivity contribution >= 4 is 23.1 Å². The van der Waals surface area contributed by atoms with Crippen molar-refractivity contribution in [3.63, 3.8) is 0 Å². The first-order valence-corrected chi connectivity index (χ1v) is 9.38. The molecule has 0 saturated carbocycles. The lowest BCUT2D eigenvalue weighted by molar-refractivity contribution is 0.177. The van der Waals surface area contributed by atoms with Crippen molar-refractivity contribution in [3.8, 4) is 0 Å². The lowest BCUT2D eigenvalue weighted by Gasteiger charge is -2.39. The molecule has 2 heterocycles. The summed E-state index contributed by atoms with van der Waals surface area (Å²) in [6.07, 6.45) is 2.90. The van der Waals surface area contributed by atoms with Gasteiger partial charge in [-0.15, -0.1) is 0 Å². The minimum absolute atomic E-state index is 0.0389. The Kier molecular flexibility index (Phi) is 4.45. The highest BCUT2D eigenvalue weighted by Gasteiger charge is 2.30. The molecule has 1 saturated heterocycles. The van der Waals surface area contributed by atoms with Crippen LogP contribution in [-0.4, -0.2) is 36.6 Å². The van der Waals surface area contributed by atoms with E-state index < -0.39 is 0 Å². The average Bonchev–Trinajstić information content (AvgIpc) is 2.80. The monoisotopic (exact) mass is 350 g/mol. The number of aryl methyl sites for hydroxylation is 1. The van der Waals surface area contributed by atoms with Crippen molar-refractivity contribution in [1.82, 2.24) is 4.90 Å². The number of nitrogens with zero attached hydrogens (tertiary/aromatic N) is 2. The van der Waals surface area contributed by atoms with E-state index in [-0.39, 0.29) is 6.03 Å². The van der Waals surface area contributed by atoms with Crippen molar-refractivity contribution in [1.29, 1.82) is 0 Å². The van der Waals surface area contributed by atoms with E-state index in [9.17, 15) is 4.79 Å². The second-order valence-electron chi connectivity index (χ2n) is 7.29. The fourth-order valence-electron chi connectivity index (χ4n) is 4.19. The molecule has 0 radical (unpaired) electrons. The first-order chi connectivity index (χ1) is 12.6. The van der Waals surface area contributed by atoms with Crippen LogP contribution in [0.15, 0.2) is 42.5 Å². The van der Waals surface area contributed by atoms with Crippen LogP contribution >= 0.6 is 0 Å². The second kappa shape index (κ2) is 6.90. The van der Waals surface area contributed by atoms with E-state index >= 15 is 0 Å². The molecule has 3 N–H and O–H groups in total. The quantitative estimate of drug-likeness (QED) is 0.813. The van der Waals surface area contributed by atoms with Crippen molar-refractivity contribution < 1.29 is 4.79 Å². The molecule has 1 fully saturated rings. The molecule has 0 aromatic heterocycles. The van der Waals surface area contributed by atoms with Gasteiger partial charge in [0.05, 0.1) is 0 Å². The summed E-state index contributed by atoms with van der Waals surface area (Å²) in [4.78, 5) is 17.2. The smallest absolute Gasteiger partial charge is 0.322 e. The molecule has 5 heteroatoms. The number of rotatable bonds is 2. The Hall–Kier alpha value is -2.69. The van der Waals surface area contributed by atoms with Crippen LogP contribution in [0.4, 0.5) is 21.9 Å². The van der Waals surface area contributed by atoms with Gasteiger partial charge in [0.2, 0.25) is 0 Å². The Balaban J connectivity index is 1.42. The van der Waals surface area contributed by atoms with Crippen LogP contribution in [0.25, 0.3) is 0 Å². The van der Waals surface area contributed by atoms with Gasteiger partial charge in [0.15, 0.2) is 0 Å². The predicted molar refractivity (Wildman–Crippen MR) is 107 cm³/mol. The minimum atomic E-state index is 0.0389. The number of nitrogens with one attached hydrogen (secondary N) is 1. The molecule has 0 atom stereocenters. The lowest BCUT2D eigenvalue weighted by atomic mass is 10.0. The summed E-state index contributed by atoms with van der Waals surface area (Å²) < 4.78 is 0. The number of amides is 2. The number of benzene rings is 2. The number of nitrogen functional groups attached to an aromatic ring is 1. The Bertz CT molecular complexity index is 811. The Morgan fingerprint density at radius 3 is 2.62 bits per heavy atom. The molecular weight excluding hydrogens is 324 g/mol. The molecule has 26 heavy (non-hydrogen) atoms. The SMILES string of the molecule is Cc1cc(N)ccc1N1CCC(N2CCc3ccccc3NC2=O)CC1. The van der Waals surface area contributed by atoms with Gasteiger partial charge in [-0.25, -0.2) is 4.79 Å². The number of para-hydroxylation sites is 1. The van der Waals surface area contributed by atoms with Crippen LogP contribution in [0, 0.1) is 6.92 Å². The van der Waals surface area contributed by atoms with Gasteiger partial charge in [-0.2, -0.15) is 0 Å². The summed E-state index contributed by atoms with van der Waals surface area (Å²) in [5.41, 5.74) is 11.3. The number of anilines is 3. The molecule has 2 amide bonds. The highest BCUT2D eigenvalue weighted by molar-refractivity contribution is 5.91. The zero-order valence-corrected chi connectivity index (χ0v) is 15.2. The van der Waals surface area contributed by atoms with Crippen LogP contribution in [-0.2, 0) is 6.42 Å². The molecule has 0 unspecified atom stereocenters. The molecule has 2 aromatic rings. The third-order valence-corrected chi connectivity index (χ3v) is 5.61. The van der Waals surface area contributed by atoms with E-state index in [0.717, 1.165) is 50.3 Å². The molecule has 5 nitrogen and oxygen atoms in total. The fraction of sp³-hybridized carbons (Fsp3) is 0.381. The lowest BCUT2D eigenvalue weighted by Crippen LogP contribution is -2.49. The molecule has 2 aromatic carbocycles. The summed E-state index contributed by atoms with van der Waals surface area (Å²) in [6, 6.07) is 14.5. The third kappa shape index (κ3) is 3.21. The van der Waals surface area contributed by atoms with E-state index in [4.69, 9.17) is 5.73 Å². The van der Waals surface area contributed by atoms with Gasteiger partial charge in [0.1, 0.15) is 0 Å². The zero-order valence-electron chi connectivity index (χ0n) is 15.2. The highest BCUT2D eigenvalue weighted by Crippen LogP contribution is 2.28. The van der Waals surface area contributed by atoms with Crippen LogP contribution in [0.1, 0.15) is 24.0 Å². The van der Waals surface area contributed by atoms with Gasteiger partial charge in [0, 0.05) is 42.7 Å². The van der Waals surface area contributed by atoms with Crippen molar-refractivity contribution in [2.45, 2.75) is 32.2 Å². The van der Waals surface area contributed by atoms with E-state index in [0.29, 0.717) is 6.04 Å². The molecular formula is C21H26N4O. The number of carbonyl (C=O) groups is 1. The van der Waals surface area contributed by atoms with Gasteiger partial charge in [-0.1, -0.05) is 18.2 Å². The highest BCUT2D eigenvalue weighted by atomic mass is 16.2. The molecule has 0 bridgehead atoms. The number of fused-ring (bicyclic) bond motifs is 1. The minimum Gasteiger partial charge on any atom is -0.399 e. The maximum atomic E-state index is 12.7. The average molecular weight is 350 g/mol.